The summed E-state index contributed by atoms with van der Waals surface area (Å²) >= 11 is 0. The van der Waals surface area contributed by atoms with Gasteiger partial charge in [-0.05, 0) is 29.3 Å². The summed E-state index contributed by atoms with van der Waals surface area (Å²) in [5, 5.41) is 9.01. The number of ether oxygens (including phenoxy) is 1. The summed E-state index contributed by atoms with van der Waals surface area (Å²) in [5.74, 6) is -0.917. The van der Waals surface area contributed by atoms with Crippen LogP contribution in [0.2, 0.25) is 0 Å². The van der Waals surface area contributed by atoms with Crippen LogP contribution in [0.15, 0.2) is 48.8 Å². The van der Waals surface area contributed by atoms with Crippen LogP contribution in [0.25, 0.3) is 0 Å². The van der Waals surface area contributed by atoms with Gasteiger partial charge in [0.2, 0.25) is 5.91 Å². The predicted molar refractivity (Wildman–Crippen MR) is 97.0 cm³/mol. The minimum atomic E-state index is -0.924. The number of carbonyl (C=O) groups excluding carboxylic acids is 1. The molecular weight excluding hydrogens is 346 g/mol. The molecule has 0 spiro atoms. The number of nitrogens with zero attached hydrogens (tertiary/aromatic N) is 3. The van der Waals surface area contributed by atoms with Crippen LogP contribution < -0.4 is 0 Å². The molecule has 2 aromatic rings. The molecular formula is C20H21N3O4. The fourth-order valence-corrected chi connectivity index (χ4v) is 3.78. The van der Waals surface area contributed by atoms with Gasteiger partial charge in [0.15, 0.2) is 0 Å². The monoisotopic (exact) mass is 367 g/mol. The van der Waals surface area contributed by atoms with Crippen molar-refractivity contribution in [2.45, 2.75) is 25.2 Å². The van der Waals surface area contributed by atoms with E-state index < -0.39 is 5.97 Å². The third kappa shape index (κ3) is 3.84. The highest BCUT2D eigenvalue weighted by Crippen LogP contribution is 2.26. The lowest BCUT2D eigenvalue weighted by Crippen LogP contribution is -2.53. The van der Waals surface area contributed by atoms with Crippen molar-refractivity contribution in [1.82, 2.24) is 14.8 Å². The predicted octanol–water partition coefficient (Wildman–Crippen LogP) is 1.39. The molecule has 2 fully saturated rings. The van der Waals surface area contributed by atoms with Crippen LogP contribution in [0.3, 0.4) is 0 Å². The van der Waals surface area contributed by atoms with E-state index in [2.05, 4.69) is 9.88 Å². The van der Waals surface area contributed by atoms with Gasteiger partial charge < -0.3 is 14.7 Å². The second-order valence-electron chi connectivity index (χ2n) is 7.00. The number of fused-ring (bicyclic) bond motifs is 1. The number of morpholine rings is 1. The van der Waals surface area contributed by atoms with Gasteiger partial charge in [0.25, 0.3) is 0 Å². The molecule has 3 heterocycles. The maximum absolute atomic E-state index is 12.4. The van der Waals surface area contributed by atoms with Crippen LogP contribution in [-0.4, -0.2) is 63.6 Å². The third-order valence-corrected chi connectivity index (χ3v) is 5.14. The van der Waals surface area contributed by atoms with Crippen molar-refractivity contribution in [2.75, 3.05) is 19.7 Å². The second kappa shape index (κ2) is 7.46. The van der Waals surface area contributed by atoms with Crippen molar-refractivity contribution in [3.8, 4) is 0 Å². The number of benzene rings is 1. The summed E-state index contributed by atoms with van der Waals surface area (Å²) in [5.41, 5.74) is 2.34. The Balaban J connectivity index is 1.44. The van der Waals surface area contributed by atoms with E-state index in [9.17, 15) is 9.59 Å². The van der Waals surface area contributed by atoms with Gasteiger partial charge in [-0.1, -0.05) is 18.2 Å². The molecule has 1 aromatic heterocycles. The Bertz CT molecular complexity index is 825. The molecule has 2 atom stereocenters. The van der Waals surface area contributed by atoms with Gasteiger partial charge >= 0.3 is 5.97 Å². The third-order valence-electron chi connectivity index (χ3n) is 5.14. The Morgan fingerprint density at radius 2 is 1.96 bits per heavy atom. The van der Waals surface area contributed by atoms with E-state index in [0.29, 0.717) is 13.1 Å². The lowest BCUT2D eigenvalue weighted by molar-refractivity contribution is -0.153. The quantitative estimate of drug-likeness (QED) is 0.860. The molecule has 0 unspecified atom stereocenters. The molecule has 0 radical (unpaired) electrons. The van der Waals surface area contributed by atoms with Crippen molar-refractivity contribution < 1.29 is 19.4 Å². The number of pyridine rings is 1. The average molecular weight is 367 g/mol. The Morgan fingerprint density at radius 3 is 2.67 bits per heavy atom. The van der Waals surface area contributed by atoms with Gasteiger partial charge in [-0.15, -0.1) is 0 Å². The first-order chi connectivity index (χ1) is 13.1. The Hall–Kier alpha value is -2.77. The summed E-state index contributed by atoms with van der Waals surface area (Å²) in [6.07, 6.45) is 3.51. The van der Waals surface area contributed by atoms with Gasteiger partial charge in [-0.2, -0.15) is 0 Å². The minimum Gasteiger partial charge on any atom is -0.478 e. The van der Waals surface area contributed by atoms with Gasteiger partial charge in [0, 0.05) is 38.6 Å². The van der Waals surface area contributed by atoms with Crippen molar-refractivity contribution in [3.05, 3.63) is 65.5 Å². The summed E-state index contributed by atoms with van der Waals surface area (Å²) < 4.78 is 5.77. The zero-order chi connectivity index (χ0) is 18.8. The average Bonchev–Trinajstić information content (AvgIpc) is 3.08. The molecule has 0 bridgehead atoms. The zero-order valence-corrected chi connectivity index (χ0v) is 14.8. The topological polar surface area (TPSA) is 83.0 Å². The number of likely N-dealkylation sites (tertiary alicyclic amines) is 1. The fraction of sp³-hybridized carbons (Fsp3) is 0.350. The number of carbonyl (C=O) groups is 2. The molecule has 7 nitrogen and oxygen atoms in total. The van der Waals surface area contributed by atoms with E-state index in [1.165, 1.54) is 0 Å². The highest BCUT2D eigenvalue weighted by Gasteiger charge is 2.42. The number of hydrogen-bond acceptors (Lipinski definition) is 5. The van der Waals surface area contributed by atoms with Gasteiger partial charge in [-0.25, -0.2) is 4.79 Å². The highest BCUT2D eigenvalue weighted by molar-refractivity contribution is 5.87. The standard InChI is InChI=1S/C20H21N3O4/c24-19-13-27-18-12-22(9-14-3-5-16(6-4-14)20(25)26)11-17(18)23(19)10-15-2-1-7-21-8-15/h1-8,17-18H,9-13H2,(H,25,26)/t17-,18+/m1/s1. The normalized spacial score (nSPS) is 22.7. The Morgan fingerprint density at radius 1 is 1.15 bits per heavy atom. The highest BCUT2D eigenvalue weighted by atomic mass is 16.5. The molecule has 7 heteroatoms. The molecule has 2 aliphatic heterocycles. The maximum atomic E-state index is 12.4. The SMILES string of the molecule is O=C(O)c1ccc(CN2C[C@@H]3OCC(=O)N(Cc4cccnc4)[C@@H]3C2)cc1. The van der Waals surface area contributed by atoms with E-state index in [-0.39, 0.29) is 30.2 Å². The fourth-order valence-electron chi connectivity index (χ4n) is 3.78. The first-order valence-corrected chi connectivity index (χ1v) is 8.95. The molecule has 1 amide bonds. The molecule has 0 saturated carbocycles. The number of rotatable bonds is 5. The molecule has 0 aliphatic carbocycles. The van der Waals surface area contributed by atoms with Crippen molar-refractivity contribution in [1.29, 1.82) is 0 Å². The van der Waals surface area contributed by atoms with E-state index in [4.69, 9.17) is 9.84 Å². The largest absolute Gasteiger partial charge is 0.478 e. The Labute approximate surface area is 157 Å². The number of carboxylic acids is 1. The summed E-state index contributed by atoms with van der Waals surface area (Å²) in [6.45, 7) is 2.84. The Kier molecular flexibility index (Phi) is 4.87. The van der Waals surface area contributed by atoms with Crippen LogP contribution in [0.4, 0.5) is 0 Å². The van der Waals surface area contributed by atoms with Crippen LogP contribution in [0, 0.1) is 0 Å². The second-order valence-corrected chi connectivity index (χ2v) is 7.00. The van der Waals surface area contributed by atoms with E-state index in [0.717, 1.165) is 24.2 Å². The molecule has 2 saturated heterocycles. The lowest BCUT2D eigenvalue weighted by atomic mass is 10.1. The molecule has 1 N–H and O–H groups in total. The molecule has 1 aromatic carbocycles. The molecule has 4 rings (SSSR count). The first-order valence-electron chi connectivity index (χ1n) is 8.95. The number of aromatic carboxylic acids is 1. The number of carboxylic acid groups (broad SMARTS) is 1. The van der Waals surface area contributed by atoms with Crippen molar-refractivity contribution in [2.24, 2.45) is 0 Å². The number of amides is 1. The van der Waals surface area contributed by atoms with Gasteiger partial charge in [-0.3, -0.25) is 14.7 Å². The minimum absolute atomic E-state index is 0.00216. The summed E-state index contributed by atoms with van der Waals surface area (Å²) in [7, 11) is 0. The zero-order valence-electron chi connectivity index (χ0n) is 14.8. The molecule has 27 heavy (non-hydrogen) atoms. The van der Waals surface area contributed by atoms with Crippen LogP contribution in [0.1, 0.15) is 21.5 Å². The van der Waals surface area contributed by atoms with Crippen LogP contribution in [-0.2, 0) is 22.6 Å². The van der Waals surface area contributed by atoms with Gasteiger partial charge in [0.05, 0.1) is 17.7 Å². The lowest BCUT2D eigenvalue weighted by Gasteiger charge is -2.36. The number of hydrogen-bond donors (Lipinski definition) is 1. The van der Waals surface area contributed by atoms with E-state index in [1.807, 2.05) is 29.2 Å². The number of aromatic nitrogens is 1. The van der Waals surface area contributed by atoms with E-state index >= 15 is 0 Å². The van der Waals surface area contributed by atoms with Crippen LogP contribution >= 0.6 is 0 Å². The van der Waals surface area contributed by atoms with Crippen LogP contribution in [0.5, 0.6) is 0 Å². The molecule has 140 valence electrons. The van der Waals surface area contributed by atoms with Gasteiger partial charge in [0.1, 0.15) is 6.61 Å². The maximum Gasteiger partial charge on any atom is 0.335 e. The summed E-state index contributed by atoms with van der Waals surface area (Å²) in [6, 6.07) is 10.8. The first kappa shape index (κ1) is 17.6. The smallest absolute Gasteiger partial charge is 0.335 e. The molecule has 2 aliphatic rings. The van der Waals surface area contributed by atoms with Crippen molar-refractivity contribution >= 4 is 11.9 Å². The van der Waals surface area contributed by atoms with Crippen molar-refractivity contribution in [3.63, 3.8) is 0 Å². The van der Waals surface area contributed by atoms with E-state index in [1.54, 1.807) is 24.5 Å². The summed E-state index contributed by atoms with van der Waals surface area (Å²) in [4.78, 5) is 31.7.